The normalized spacial score (nSPS) is 11.7. The number of rotatable bonds is 4. The van der Waals surface area contributed by atoms with E-state index >= 15 is 0 Å². The van der Waals surface area contributed by atoms with Crippen LogP contribution in [-0.4, -0.2) is 4.57 Å². The molecule has 0 atom stereocenters. The van der Waals surface area contributed by atoms with Gasteiger partial charge >= 0.3 is 0 Å². The predicted molar refractivity (Wildman–Crippen MR) is 198 cm³/mol. The minimum atomic E-state index is 0.659. The van der Waals surface area contributed by atoms with Crippen LogP contribution in [0.1, 0.15) is 5.56 Å². The highest BCUT2D eigenvalue weighted by molar-refractivity contribution is 6.15. The van der Waals surface area contributed by atoms with Crippen LogP contribution in [0.2, 0.25) is 0 Å². The van der Waals surface area contributed by atoms with Gasteiger partial charge in [-0.3, -0.25) is 0 Å². The number of hydrogen-bond acceptors (Lipinski definition) is 2. The Balaban J connectivity index is 1.35. The molecule has 1 aliphatic heterocycles. The molecule has 224 valence electrons. The molecule has 0 radical (unpaired) electrons. The lowest BCUT2D eigenvalue weighted by atomic mass is 9.96. The maximum atomic E-state index is 9.47. The van der Waals surface area contributed by atoms with E-state index < -0.39 is 0 Å². The third-order valence-electron chi connectivity index (χ3n) is 9.35. The fraction of sp³-hybridized carbons (Fsp3) is 0. The van der Waals surface area contributed by atoms with E-state index in [1.54, 1.807) is 0 Å². The van der Waals surface area contributed by atoms with Crippen molar-refractivity contribution in [3.05, 3.63) is 181 Å². The SMILES string of the molecule is N#Cc1cccc(-c2ccc(N3c4ccccc4-c4c(n(-c5ccccc5)c5c(-c6ccccc6)cccc45)-c4ccccc43)cc2)c1. The van der Waals surface area contributed by atoms with Crippen LogP contribution in [0.5, 0.6) is 0 Å². The number of nitriles is 1. The molecule has 0 saturated carbocycles. The molecule has 0 bridgehead atoms. The summed E-state index contributed by atoms with van der Waals surface area (Å²) in [6.45, 7) is 0. The second kappa shape index (κ2) is 11.3. The summed E-state index contributed by atoms with van der Waals surface area (Å²) in [6.07, 6.45) is 0. The second-order valence-electron chi connectivity index (χ2n) is 12.1. The molecule has 0 aliphatic carbocycles. The molecule has 1 aliphatic rings. The first-order valence-corrected chi connectivity index (χ1v) is 16.2. The second-order valence-corrected chi connectivity index (χ2v) is 12.1. The molecule has 48 heavy (non-hydrogen) atoms. The van der Waals surface area contributed by atoms with E-state index in [0.29, 0.717) is 5.56 Å². The molecule has 7 aromatic carbocycles. The van der Waals surface area contributed by atoms with Gasteiger partial charge in [-0.1, -0.05) is 127 Å². The Labute approximate surface area is 279 Å². The number of anilines is 3. The van der Waals surface area contributed by atoms with Crippen molar-refractivity contribution in [2.45, 2.75) is 0 Å². The molecule has 0 N–H and O–H groups in total. The molecular formula is C45H29N3. The van der Waals surface area contributed by atoms with Crippen LogP contribution >= 0.6 is 0 Å². The fourth-order valence-electron chi connectivity index (χ4n) is 7.28. The number of hydrogen-bond donors (Lipinski definition) is 0. The summed E-state index contributed by atoms with van der Waals surface area (Å²) in [6, 6.07) is 64.4. The van der Waals surface area contributed by atoms with E-state index in [9.17, 15) is 5.26 Å². The van der Waals surface area contributed by atoms with E-state index in [-0.39, 0.29) is 0 Å². The molecule has 3 nitrogen and oxygen atoms in total. The summed E-state index contributed by atoms with van der Waals surface area (Å²) < 4.78 is 2.47. The summed E-state index contributed by atoms with van der Waals surface area (Å²) in [5.74, 6) is 0. The van der Waals surface area contributed by atoms with E-state index in [4.69, 9.17) is 0 Å². The first-order chi connectivity index (χ1) is 23.8. The van der Waals surface area contributed by atoms with Gasteiger partial charge in [0.1, 0.15) is 0 Å². The molecule has 0 unspecified atom stereocenters. The zero-order chi connectivity index (χ0) is 32.0. The van der Waals surface area contributed by atoms with E-state index in [2.05, 4.69) is 173 Å². The van der Waals surface area contributed by atoms with Gasteiger partial charge in [0.15, 0.2) is 0 Å². The molecule has 2 heterocycles. The van der Waals surface area contributed by atoms with Crippen molar-refractivity contribution in [1.29, 1.82) is 5.26 Å². The highest BCUT2D eigenvalue weighted by Gasteiger charge is 2.32. The quantitative estimate of drug-likeness (QED) is 0.198. The van der Waals surface area contributed by atoms with Crippen molar-refractivity contribution in [2.24, 2.45) is 0 Å². The molecule has 9 rings (SSSR count). The van der Waals surface area contributed by atoms with Crippen molar-refractivity contribution >= 4 is 28.0 Å². The summed E-state index contributed by atoms with van der Waals surface area (Å²) in [4.78, 5) is 2.39. The zero-order valence-electron chi connectivity index (χ0n) is 26.1. The van der Waals surface area contributed by atoms with Crippen molar-refractivity contribution in [3.8, 4) is 56.4 Å². The number of benzene rings is 7. The van der Waals surface area contributed by atoms with Gasteiger partial charge in [0.05, 0.1) is 34.2 Å². The lowest BCUT2D eigenvalue weighted by molar-refractivity contribution is 1.13. The first-order valence-electron chi connectivity index (χ1n) is 16.2. The third kappa shape index (κ3) is 4.35. The van der Waals surface area contributed by atoms with Crippen LogP contribution in [0.3, 0.4) is 0 Å². The average Bonchev–Trinajstić information content (AvgIpc) is 3.45. The Morgan fingerprint density at radius 1 is 0.438 bits per heavy atom. The van der Waals surface area contributed by atoms with Crippen molar-refractivity contribution in [3.63, 3.8) is 0 Å². The molecule has 0 fully saturated rings. The molecule has 0 amide bonds. The van der Waals surface area contributed by atoms with Crippen LogP contribution in [-0.2, 0) is 0 Å². The van der Waals surface area contributed by atoms with Gasteiger partial charge in [-0.15, -0.1) is 0 Å². The maximum absolute atomic E-state index is 9.47. The van der Waals surface area contributed by atoms with Crippen molar-refractivity contribution in [2.75, 3.05) is 4.90 Å². The molecule has 0 spiro atoms. The van der Waals surface area contributed by atoms with Gasteiger partial charge in [0.2, 0.25) is 0 Å². The van der Waals surface area contributed by atoms with E-state index in [1.165, 1.54) is 38.9 Å². The minimum absolute atomic E-state index is 0.659. The monoisotopic (exact) mass is 611 g/mol. The van der Waals surface area contributed by atoms with Crippen molar-refractivity contribution in [1.82, 2.24) is 4.57 Å². The smallest absolute Gasteiger partial charge is 0.0991 e. The largest absolute Gasteiger partial charge is 0.309 e. The zero-order valence-corrected chi connectivity index (χ0v) is 26.1. The van der Waals surface area contributed by atoms with Gasteiger partial charge < -0.3 is 9.47 Å². The van der Waals surface area contributed by atoms with Gasteiger partial charge in [0, 0.05) is 39.0 Å². The maximum Gasteiger partial charge on any atom is 0.0991 e. The van der Waals surface area contributed by atoms with Gasteiger partial charge in [-0.05, 0) is 65.2 Å². The number of aromatic nitrogens is 1. The van der Waals surface area contributed by atoms with Gasteiger partial charge in [-0.25, -0.2) is 0 Å². The molecule has 8 aromatic rings. The lowest BCUT2D eigenvalue weighted by Crippen LogP contribution is -2.11. The standard InChI is InChI=1S/C45H29N3/c46-30-31-13-11-16-34(29-31)32-25-27-36(28-26-32)47-41-23-9-7-19-38(41)43-40-22-12-21-37(33-14-3-1-4-15-33)44(40)48(35-17-5-2-6-18-35)45(43)39-20-8-10-24-42(39)47/h1-29H. The first kappa shape index (κ1) is 27.7. The highest BCUT2D eigenvalue weighted by Crippen LogP contribution is 2.55. The van der Waals surface area contributed by atoms with E-state index in [1.807, 2.05) is 18.2 Å². The van der Waals surface area contributed by atoms with Gasteiger partial charge in [0.25, 0.3) is 0 Å². The Morgan fingerprint density at radius 3 is 1.79 bits per heavy atom. The molecular weight excluding hydrogens is 583 g/mol. The Bertz CT molecular complexity index is 2500. The number of para-hydroxylation sites is 4. The van der Waals surface area contributed by atoms with Gasteiger partial charge in [-0.2, -0.15) is 5.26 Å². The summed E-state index contributed by atoms with van der Waals surface area (Å²) >= 11 is 0. The van der Waals surface area contributed by atoms with Crippen LogP contribution < -0.4 is 4.90 Å². The van der Waals surface area contributed by atoms with Crippen LogP contribution in [0.15, 0.2) is 176 Å². The van der Waals surface area contributed by atoms with Crippen LogP contribution in [0.4, 0.5) is 17.1 Å². The number of nitrogens with zero attached hydrogens (tertiary/aromatic N) is 3. The molecule has 3 heteroatoms. The fourth-order valence-corrected chi connectivity index (χ4v) is 7.28. The minimum Gasteiger partial charge on any atom is -0.309 e. The van der Waals surface area contributed by atoms with Crippen molar-refractivity contribution < 1.29 is 0 Å². The Morgan fingerprint density at radius 2 is 1.04 bits per heavy atom. The molecule has 0 saturated heterocycles. The Kier molecular flexibility index (Phi) is 6.52. The van der Waals surface area contributed by atoms with E-state index in [0.717, 1.165) is 39.4 Å². The highest BCUT2D eigenvalue weighted by atomic mass is 15.2. The Hall–Kier alpha value is -6.63. The van der Waals surface area contributed by atoms with Crippen LogP contribution in [0.25, 0.3) is 61.2 Å². The summed E-state index contributed by atoms with van der Waals surface area (Å²) in [5, 5.41) is 10.7. The summed E-state index contributed by atoms with van der Waals surface area (Å²) in [5.41, 5.74) is 15.5. The van der Waals surface area contributed by atoms with Crippen LogP contribution in [0, 0.1) is 11.3 Å². The number of fused-ring (bicyclic) bond motifs is 7. The topological polar surface area (TPSA) is 32.0 Å². The molecule has 1 aromatic heterocycles. The lowest BCUT2D eigenvalue weighted by Gasteiger charge is -2.28. The summed E-state index contributed by atoms with van der Waals surface area (Å²) in [7, 11) is 0. The average molecular weight is 612 g/mol. The third-order valence-corrected chi connectivity index (χ3v) is 9.35. The predicted octanol–water partition coefficient (Wildman–Crippen LogP) is 12.0.